The van der Waals surface area contributed by atoms with Crippen molar-refractivity contribution in [2.24, 2.45) is 23.5 Å². The van der Waals surface area contributed by atoms with Gasteiger partial charge in [-0.05, 0) is 43.6 Å². The van der Waals surface area contributed by atoms with E-state index in [2.05, 4.69) is 0 Å². The molecule has 0 saturated carbocycles. The average molecular weight is 371 g/mol. The Morgan fingerprint density at radius 3 is 2.41 bits per heavy atom. The normalized spacial score (nSPS) is 31.1. The zero-order valence-electron chi connectivity index (χ0n) is 14.9. The molecule has 5 N–H and O–H groups in total. The lowest BCUT2D eigenvalue weighted by Crippen LogP contribution is -2.40. The number of primary amides is 1. The lowest BCUT2D eigenvalue weighted by molar-refractivity contribution is -0.123. The fourth-order valence-corrected chi connectivity index (χ4v) is 5.07. The largest absolute Gasteiger partial charge is 0.511 e. The van der Waals surface area contributed by atoms with E-state index in [1.807, 2.05) is 6.92 Å². The van der Waals surface area contributed by atoms with Crippen molar-refractivity contribution in [1.29, 1.82) is 0 Å². The number of aliphatic hydroxyl groups excluding tert-OH is 3. The molecule has 4 rings (SSSR count). The molecule has 0 spiro atoms. The molecular formula is C20H21NO6. The fraction of sp³-hybridized carbons (Fsp3) is 0.450. The van der Waals surface area contributed by atoms with E-state index in [0.717, 1.165) is 11.1 Å². The van der Waals surface area contributed by atoms with Gasteiger partial charge in [0.15, 0.2) is 11.6 Å². The van der Waals surface area contributed by atoms with Crippen molar-refractivity contribution in [3.63, 3.8) is 0 Å². The zero-order chi connectivity index (χ0) is 19.6. The van der Waals surface area contributed by atoms with Crippen LogP contribution in [0.4, 0.5) is 0 Å². The van der Waals surface area contributed by atoms with Gasteiger partial charge in [0.1, 0.15) is 22.9 Å². The van der Waals surface area contributed by atoms with Crippen molar-refractivity contribution < 1.29 is 29.7 Å². The van der Waals surface area contributed by atoms with E-state index in [1.54, 1.807) is 0 Å². The third-order valence-electron chi connectivity index (χ3n) is 6.33. The third-order valence-corrected chi connectivity index (χ3v) is 6.33. The molecule has 4 aliphatic carbocycles. The van der Waals surface area contributed by atoms with Crippen LogP contribution in [0.25, 0.3) is 0 Å². The second kappa shape index (κ2) is 5.84. The van der Waals surface area contributed by atoms with Crippen LogP contribution in [0, 0.1) is 17.8 Å². The molecule has 0 aromatic heterocycles. The second-order valence-corrected chi connectivity index (χ2v) is 7.83. The van der Waals surface area contributed by atoms with Crippen molar-refractivity contribution in [2.75, 3.05) is 0 Å². The minimum absolute atomic E-state index is 0.00483. The maximum absolute atomic E-state index is 12.4. The fourth-order valence-electron chi connectivity index (χ4n) is 5.07. The number of allylic oxidation sites excluding steroid dienone is 4. The van der Waals surface area contributed by atoms with Crippen molar-refractivity contribution in [3.8, 4) is 0 Å². The number of amides is 1. The highest BCUT2D eigenvalue weighted by molar-refractivity contribution is 6.19. The summed E-state index contributed by atoms with van der Waals surface area (Å²) in [6.07, 6.45) is 1.91. The highest BCUT2D eigenvalue weighted by atomic mass is 16.3. The Kier molecular flexibility index (Phi) is 3.80. The molecule has 0 aliphatic heterocycles. The van der Waals surface area contributed by atoms with Crippen molar-refractivity contribution in [1.82, 2.24) is 0 Å². The number of carbonyl (C=O) groups is 3. The van der Waals surface area contributed by atoms with Gasteiger partial charge in [-0.25, -0.2) is 0 Å². The van der Waals surface area contributed by atoms with Crippen LogP contribution in [0.15, 0.2) is 45.1 Å². The minimum Gasteiger partial charge on any atom is -0.511 e. The van der Waals surface area contributed by atoms with Crippen LogP contribution in [0.1, 0.15) is 39.0 Å². The quantitative estimate of drug-likeness (QED) is 0.521. The van der Waals surface area contributed by atoms with Gasteiger partial charge in [0.05, 0.1) is 11.5 Å². The molecular weight excluding hydrogens is 350 g/mol. The van der Waals surface area contributed by atoms with Gasteiger partial charge in [-0.1, -0.05) is 5.57 Å². The van der Waals surface area contributed by atoms with E-state index < -0.39 is 28.9 Å². The molecule has 0 fully saturated rings. The van der Waals surface area contributed by atoms with Crippen LogP contribution in [-0.4, -0.2) is 32.8 Å². The third kappa shape index (κ3) is 2.37. The number of hydrogen-bond acceptors (Lipinski definition) is 6. The Bertz CT molecular complexity index is 932. The van der Waals surface area contributed by atoms with Crippen LogP contribution < -0.4 is 5.73 Å². The molecule has 1 amide bonds. The van der Waals surface area contributed by atoms with Gasteiger partial charge in [0.25, 0.3) is 5.91 Å². The molecule has 0 saturated heterocycles. The monoisotopic (exact) mass is 371 g/mol. The first-order valence-corrected chi connectivity index (χ1v) is 9.07. The predicted octanol–water partition coefficient (Wildman–Crippen LogP) is 2.22. The molecule has 4 aliphatic rings. The van der Waals surface area contributed by atoms with Crippen LogP contribution >= 0.6 is 0 Å². The number of fused-ring (bicyclic) bond motifs is 3. The lowest BCUT2D eigenvalue weighted by atomic mass is 9.62. The first kappa shape index (κ1) is 17.6. The summed E-state index contributed by atoms with van der Waals surface area (Å²) >= 11 is 0. The van der Waals surface area contributed by atoms with Crippen LogP contribution in [-0.2, 0) is 14.4 Å². The Labute approximate surface area is 155 Å². The molecule has 7 nitrogen and oxygen atoms in total. The summed E-state index contributed by atoms with van der Waals surface area (Å²) < 4.78 is 0. The first-order valence-electron chi connectivity index (χ1n) is 9.07. The molecule has 0 heterocycles. The summed E-state index contributed by atoms with van der Waals surface area (Å²) in [5.41, 5.74) is 7.08. The van der Waals surface area contributed by atoms with E-state index in [4.69, 9.17) is 5.73 Å². The van der Waals surface area contributed by atoms with Gasteiger partial charge >= 0.3 is 0 Å². The van der Waals surface area contributed by atoms with Crippen LogP contribution in [0.2, 0.25) is 0 Å². The van der Waals surface area contributed by atoms with Gasteiger partial charge in [0, 0.05) is 18.4 Å². The Morgan fingerprint density at radius 2 is 1.74 bits per heavy atom. The topological polar surface area (TPSA) is 138 Å². The van der Waals surface area contributed by atoms with Crippen LogP contribution in [0.3, 0.4) is 0 Å². The average Bonchev–Trinajstić information content (AvgIpc) is 2.57. The number of rotatable bonds is 1. The molecule has 3 unspecified atom stereocenters. The molecule has 3 atom stereocenters. The van der Waals surface area contributed by atoms with Crippen LogP contribution in [0.5, 0.6) is 0 Å². The van der Waals surface area contributed by atoms with Crippen molar-refractivity contribution >= 4 is 17.5 Å². The predicted molar refractivity (Wildman–Crippen MR) is 94.4 cm³/mol. The highest BCUT2D eigenvalue weighted by Gasteiger charge is 2.49. The molecule has 0 radical (unpaired) electrons. The summed E-state index contributed by atoms with van der Waals surface area (Å²) in [5, 5.41) is 32.1. The molecule has 7 heteroatoms. The summed E-state index contributed by atoms with van der Waals surface area (Å²) in [7, 11) is 0. The number of hydrogen-bond donors (Lipinski definition) is 4. The standard InChI is InChI=1S/C20H21NO6/c1-7-2-3-11(22)15-10(7)5-8-4-9-6-12(23)16(20(21)27)19(26)14(9)17(24)13(8)18(15)25/h8-9,14,24-26H,2-6H2,1H3,(H2,21,27). The van der Waals surface area contributed by atoms with Gasteiger partial charge in [-0.2, -0.15) is 0 Å². The number of aliphatic hydroxyl groups is 3. The van der Waals surface area contributed by atoms with E-state index in [1.165, 1.54) is 0 Å². The van der Waals surface area contributed by atoms with E-state index in [-0.39, 0.29) is 46.7 Å². The van der Waals surface area contributed by atoms with Gasteiger partial charge < -0.3 is 21.1 Å². The number of carbonyl (C=O) groups excluding carboxylic acids is 3. The van der Waals surface area contributed by atoms with E-state index >= 15 is 0 Å². The Hall–Kier alpha value is -2.83. The maximum atomic E-state index is 12.4. The molecule has 142 valence electrons. The summed E-state index contributed by atoms with van der Waals surface area (Å²) in [4.78, 5) is 36.1. The van der Waals surface area contributed by atoms with E-state index in [0.29, 0.717) is 25.7 Å². The Morgan fingerprint density at radius 1 is 1.04 bits per heavy atom. The Balaban J connectivity index is 1.92. The number of Topliss-reactive ketones (excluding diaryl/α,β-unsaturated/α-hetero) is 2. The second-order valence-electron chi connectivity index (χ2n) is 7.83. The van der Waals surface area contributed by atoms with Gasteiger partial charge in [0.2, 0.25) is 0 Å². The van der Waals surface area contributed by atoms with Crippen molar-refractivity contribution in [2.45, 2.75) is 39.0 Å². The zero-order valence-corrected chi connectivity index (χ0v) is 14.9. The SMILES string of the molecule is CC1=C2CC3CC4CC(=O)C(C(N)=O)=C(O)C4C(O)=C3C(O)=C2C(=O)CC1. The molecule has 0 bridgehead atoms. The lowest BCUT2D eigenvalue weighted by Gasteiger charge is -2.42. The first-order chi connectivity index (χ1) is 12.7. The molecule has 0 aromatic carbocycles. The smallest absolute Gasteiger partial charge is 0.255 e. The van der Waals surface area contributed by atoms with E-state index in [9.17, 15) is 29.7 Å². The maximum Gasteiger partial charge on any atom is 0.255 e. The molecule has 27 heavy (non-hydrogen) atoms. The summed E-state index contributed by atoms with van der Waals surface area (Å²) in [5.74, 6) is -4.40. The van der Waals surface area contributed by atoms with Crippen molar-refractivity contribution in [3.05, 3.63) is 45.1 Å². The number of ketones is 2. The minimum atomic E-state index is -1.04. The highest BCUT2D eigenvalue weighted by Crippen LogP contribution is 2.53. The molecule has 0 aromatic rings. The summed E-state index contributed by atoms with van der Waals surface area (Å²) in [6, 6.07) is 0. The summed E-state index contributed by atoms with van der Waals surface area (Å²) in [6.45, 7) is 1.94. The number of nitrogens with two attached hydrogens (primary N) is 1. The van der Waals surface area contributed by atoms with Gasteiger partial charge in [-0.3, -0.25) is 14.4 Å². The van der Waals surface area contributed by atoms with Gasteiger partial charge in [-0.15, -0.1) is 0 Å².